The van der Waals surface area contributed by atoms with E-state index in [4.69, 9.17) is 4.42 Å². The molecule has 10 nitrogen and oxygen atoms in total. The molecule has 1 aliphatic heterocycles. The summed E-state index contributed by atoms with van der Waals surface area (Å²) < 4.78 is 5.63. The number of likely N-dealkylation sites (N-methyl/N-ethyl adjacent to an activating group) is 1. The van der Waals surface area contributed by atoms with E-state index in [1.807, 2.05) is 92.0 Å². The van der Waals surface area contributed by atoms with Gasteiger partial charge < -0.3 is 24.6 Å². The number of nitriles is 1. The Morgan fingerprint density at radius 2 is 1.91 bits per heavy atom. The number of aliphatic imine (C=N–C) groups is 1. The van der Waals surface area contributed by atoms with Crippen LogP contribution in [-0.4, -0.2) is 58.9 Å². The lowest BCUT2D eigenvalue weighted by atomic mass is 9.96. The summed E-state index contributed by atoms with van der Waals surface area (Å²) in [5.74, 6) is 0.470. The molecule has 2 amide bonds. The molecule has 0 radical (unpaired) electrons. The van der Waals surface area contributed by atoms with Crippen LogP contribution in [0.15, 0.2) is 88.3 Å². The predicted molar refractivity (Wildman–Crippen MR) is 168 cm³/mol. The molecule has 5 rings (SSSR count). The van der Waals surface area contributed by atoms with Crippen molar-refractivity contribution in [2.75, 3.05) is 25.5 Å². The van der Waals surface area contributed by atoms with Gasteiger partial charge in [0.1, 0.15) is 23.5 Å². The second-order valence-corrected chi connectivity index (χ2v) is 11.0. The van der Waals surface area contributed by atoms with E-state index in [2.05, 4.69) is 15.6 Å². The average Bonchev–Trinajstić information content (AvgIpc) is 3.32. The number of guanidine groups is 1. The van der Waals surface area contributed by atoms with Gasteiger partial charge in [-0.1, -0.05) is 54.6 Å². The molecule has 4 aromatic rings. The van der Waals surface area contributed by atoms with Gasteiger partial charge in [0.2, 0.25) is 17.8 Å². The van der Waals surface area contributed by atoms with Gasteiger partial charge in [-0.25, -0.2) is 4.99 Å². The second kappa shape index (κ2) is 13.9. The highest BCUT2D eigenvalue weighted by Gasteiger charge is 2.29. The number of fused-ring (bicyclic) bond motifs is 1. The average molecular weight is 593 g/mol. The van der Waals surface area contributed by atoms with E-state index in [0.29, 0.717) is 18.7 Å². The summed E-state index contributed by atoms with van der Waals surface area (Å²) in [5.41, 5.74) is 3.76. The largest absolute Gasteiger partial charge is 0.461 e. The number of furan rings is 1. The van der Waals surface area contributed by atoms with Gasteiger partial charge in [-0.15, -0.1) is 0 Å². The van der Waals surface area contributed by atoms with Crippen molar-refractivity contribution in [1.29, 1.82) is 5.26 Å². The molecule has 0 spiro atoms. The lowest BCUT2D eigenvalue weighted by Crippen LogP contribution is -2.45. The number of likely N-dealkylation sites (tertiary alicyclic amines) is 1. The zero-order chi connectivity index (χ0) is 31.1. The van der Waals surface area contributed by atoms with Gasteiger partial charge >= 0.3 is 0 Å². The van der Waals surface area contributed by atoms with E-state index in [1.165, 1.54) is 0 Å². The van der Waals surface area contributed by atoms with Gasteiger partial charge in [0.05, 0.1) is 6.54 Å². The summed E-state index contributed by atoms with van der Waals surface area (Å²) in [7, 11) is 1.70. The number of nitrogens with one attached hydrogen (secondary N) is 2. The molecule has 0 aliphatic carbocycles. The molecule has 2 atom stereocenters. The molecule has 2 unspecified atom stereocenters. The van der Waals surface area contributed by atoms with Crippen molar-refractivity contribution in [2.45, 2.75) is 44.9 Å². The van der Waals surface area contributed by atoms with Crippen molar-refractivity contribution < 1.29 is 19.1 Å². The predicted octanol–water partition coefficient (Wildman–Crippen LogP) is 4.70. The topological polar surface area (TPSA) is 134 Å². The molecular weight excluding hydrogens is 556 g/mol. The first-order chi connectivity index (χ1) is 21.3. The molecule has 3 N–H and O–H groups in total. The third-order valence-electron chi connectivity index (χ3n) is 7.74. The zero-order valence-corrected chi connectivity index (χ0v) is 24.9. The van der Waals surface area contributed by atoms with Gasteiger partial charge in [0, 0.05) is 31.2 Å². The highest BCUT2D eigenvalue weighted by molar-refractivity contribution is 5.98. The number of aliphatic hydroxyl groups is 1. The summed E-state index contributed by atoms with van der Waals surface area (Å²) in [4.78, 5) is 34.7. The van der Waals surface area contributed by atoms with Crippen molar-refractivity contribution in [3.05, 3.63) is 101 Å². The number of aryl methyl sites for hydroxylation is 1. The van der Waals surface area contributed by atoms with Crippen LogP contribution in [0.5, 0.6) is 0 Å². The van der Waals surface area contributed by atoms with Gasteiger partial charge in [0.15, 0.2) is 6.19 Å². The zero-order valence-electron chi connectivity index (χ0n) is 24.9. The maximum absolute atomic E-state index is 13.6. The number of benzene rings is 3. The maximum atomic E-state index is 13.6. The van der Waals surface area contributed by atoms with Crippen LogP contribution in [0.1, 0.15) is 47.8 Å². The maximum Gasteiger partial charge on any atom is 0.247 e. The molecular formula is C34H36N6O4. The monoisotopic (exact) mass is 592 g/mol. The quantitative estimate of drug-likeness (QED) is 0.117. The van der Waals surface area contributed by atoms with Gasteiger partial charge in [-0.3, -0.25) is 14.9 Å². The van der Waals surface area contributed by atoms with Crippen LogP contribution in [0.2, 0.25) is 0 Å². The minimum Gasteiger partial charge on any atom is -0.461 e. The highest BCUT2D eigenvalue weighted by atomic mass is 16.3. The van der Waals surface area contributed by atoms with Crippen LogP contribution in [0.4, 0.5) is 5.69 Å². The number of carbonyl (C=O) groups is 2. The van der Waals surface area contributed by atoms with Crippen molar-refractivity contribution in [1.82, 2.24) is 15.1 Å². The normalized spacial score (nSPS) is 16.2. The minimum absolute atomic E-state index is 0.0876. The van der Waals surface area contributed by atoms with Crippen LogP contribution < -0.4 is 10.6 Å². The number of anilines is 1. The lowest BCUT2D eigenvalue weighted by Gasteiger charge is -2.26. The number of aliphatic hydroxyl groups excluding tert-OH is 1. The number of nitrogens with zero attached hydrogens (tertiary/aromatic N) is 4. The Balaban J connectivity index is 1.27. The smallest absolute Gasteiger partial charge is 0.247 e. The fraction of sp³-hybridized carbons (Fsp3) is 0.294. The molecule has 1 aliphatic rings. The number of amides is 2. The Hall–Kier alpha value is -5.14. The lowest BCUT2D eigenvalue weighted by molar-refractivity contribution is -0.140. The van der Waals surface area contributed by atoms with E-state index in [-0.39, 0.29) is 30.9 Å². The van der Waals surface area contributed by atoms with Gasteiger partial charge in [-0.2, -0.15) is 5.26 Å². The Labute approximate surface area is 256 Å². The summed E-state index contributed by atoms with van der Waals surface area (Å²) in [6.45, 7) is 2.51. The molecule has 44 heavy (non-hydrogen) atoms. The van der Waals surface area contributed by atoms with Crippen LogP contribution in [0.25, 0.3) is 11.0 Å². The molecule has 0 saturated carbocycles. The van der Waals surface area contributed by atoms with E-state index in [9.17, 15) is 20.0 Å². The van der Waals surface area contributed by atoms with Crippen molar-refractivity contribution in [3.63, 3.8) is 0 Å². The SMILES string of the molecule is Cc1cc2cc(NC(=NC3CCCCN(CC(=O)N(C)Cc4ccccc4C(O)c4ccccc4)C3=O)NC#N)ccc2o1. The standard InChI is InChI=1S/C34H36N6O4/c1-23-18-26-19-27(15-16-30(26)44-23)37-34(36-22-35)38-29-14-8-9-17-40(33(29)43)21-31(41)39(2)20-25-12-6-7-13-28(25)32(42)24-10-4-3-5-11-24/h3-7,10-13,15-16,18-19,29,32,42H,8-9,14,17,20-21H2,1-2H3,(H2,36,37,38). The van der Waals surface area contributed by atoms with Crippen LogP contribution >= 0.6 is 0 Å². The molecule has 2 heterocycles. The van der Waals surface area contributed by atoms with Crippen molar-refractivity contribution in [2.24, 2.45) is 4.99 Å². The molecule has 3 aromatic carbocycles. The molecule has 0 bridgehead atoms. The van der Waals surface area contributed by atoms with E-state index >= 15 is 0 Å². The van der Waals surface area contributed by atoms with Crippen molar-refractivity contribution >= 4 is 34.4 Å². The fourth-order valence-corrected chi connectivity index (χ4v) is 5.44. The highest BCUT2D eigenvalue weighted by Crippen LogP contribution is 2.26. The van der Waals surface area contributed by atoms with Gasteiger partial charge in [-0.05, 0) is 67.1 Å². The third kappa shape index (κ3) is 7.25. The van der Waals surface area contributed by atoms with Gasteiger partial charge in [0.25, 0.3) is 0 Å². The van der Waals surface area contributed by atoms with Crippen LogP contribution in [-0.2, 0) is 16.1 Å². The summed E-state index contributed by atoms with van der Waals surface area (Å²) in [6.07, 6.45) is 3.07. The number of hydrogen-bond donors (Lipinski definition) is 3. The molecule has 226 valence electrons. The van der Waals surface area contributed by atoms with E-state index in [1.54, 1.807) is 16.8 Å². The fourth-order valence-electron chi connectivity index (χ4n) is 5.44. The van der Waals surface area contributed by atoms with Crippen LogP contribution in [0, 0.1) is 18.4 Å². The first-order valence-electron chi connectivity index (χ1n) is 14.7. The summed E-state index contributed by atoms with van der Waals surface area (Å²) in [6, 6.07) is 23.6. The summed E-state index contributed by atoms with van der Waals surface area (Å²) in [5, 5.41) is 26.9. The van der Waals surface area contributed by atoms with E-state index in [0.717, 1.165) is 46.3 Å². The summed E-state index contributed by atoms with van der Waals surface area (Å²) >= 11 is 0. The number of hydrogen-bond acceptors (Lipinski definition) is 6. The first kappa shape index (κ1) is 30.3. The molecule has 1 saturated heterocycles. The Morgan fingerprint density at radius 3 is 2.70 bits per heavy atom. The Bertz CT molecular complexity index is 1690. The molecule has 1 fully saturated rings. The molecule has 1 aromatic heterocycles. The second-order valence-electron chi connectivity index (χ2n) is 11.0. The third-order valence-corrected chi connectivity index (χ3v) is 7.74. The van der Waals surface area contributed by atoms with E-state index < -0.39 is 12.1 Å². The van der Waals surface area contributed by atoms with Crippen LogP contribution in [0.3, 0.4) is 0 Å². The number of rotatable bonds is 8. The Kier molecular flexibility index (Phi) is 9.57. The van der Waals surface area contributed by atoms with Crippen molar-refractivity contribution in [3.8, 4) is 6.19 Å². The molecule has 10 heteroatoms. The first-order valence-corrected chi connectivity index (χ1v) is 14.7. The Morgan fingerprint density at radius 1 is 1.14 bits per heavy atom. The number of carbonyl (C=O) groups excluding carboxylic acids is 2. The minimum atomic E-state index is -0.822.